The first-order chi connectivity index (χ1) is 13.6. The summed E-state index contributed by atoms with van der Waals surface area (Å²) in [6.07, 6.45) is 0.687. The van der Waals surface area contributed by atoms with Gasteiger partial charge in [0.1, 0.15) is 11.6 Å². The minimum Gasteiger partial charge on any atom is -0.327 e. The van der Waals surface area contributed by atoms with Gasteiger partial charge in [0.05, 0.1) is 5.56 Å². The Bertz CT molecular complexity index is 991. The molecular weight excluding hydrogens is 356 g/mol. The summed E-state index contributed by atoms with van der Waals surface area (Å²) in [7, 11) is 0. The smallest absolute Gasteiger partial charge is 0.299 e. The summed E-state index contributed by atoms with van der Waals surface area (Å²) in [6.45, 7) is 0.894. The van der Waals surface area contributed by atoms with Gasteiger partial charge < -0.3 is 4.90 Å². The van der Waals surface area contributed by atoms with Gasteiger partial charge in [0, 0.05) is 25.1 Å². The van der Waals surface area contributed by atoms with Crippen molar-refractivity contribution in [2.45, 2.75) is 13.0 Å². The molecule has 0 aliphatic rings. The molecule has 3 aromatic rings. The molecule has 28 heavy (non-hydrogen) atoms. The van der Waals surface area contributed by atoms with Gasteiger partial charge in [-0.1, -0.05) is 66.6 Å². The van der Waals surface area contributed by atoms with E-state index in [1.54, 1.807) is 4.90 Å². The maximum atomic E-state index is 13.8. The zero-order valence-electron chi connectivity index (χ0n) is 15.2. The molecule has 0 heterocycles. The SMILES string of the molecule is O=C(C#Cc1ccc(F)cc1F)N(CCc1ccccc1)Cc1ccccc1. The van der Waals surface area contributed by atoms with Crippen molar-refractivity contribution in [3.05, 3.63) is 107 Å². The minimum absolute atomic E-state index is 0.00234. The molecule has 0 N–H and O–H groups in total. The Morgan fingerprint density at radius 2 is 1.50 bits per heavy atom. The Morgan fingerprint density at radius 1 is 0.857 bits per heavy atom. The predicted octanol–water partition coefficient (Wildman–Crippen LogP) is 4.59. The third kappa shape index (κ3) is 5.52. The largest absolute Gasteiger partial charge is 0.327 e. The van der Waals surface area contributed by atoms with Gasteiger partial charge in [0.25, 0.3) is 5.91 Å². The van der Waals surface area contributed by atoms with Gasteiger partial charge in [0.2, 0.25) is 0 Å². The normalized spacial score (nSPS) is 10.1. The van der Waals surface area contributed by atoms with Crippen molar-refractivity contribution in [2.75, 3.05) is 6.54 Å². The second kappa shape index (κ2) is 9.48. The zero-order chi connectivity index (χ0) is 19.8. The molecule has 0 radical (unpaired) electrons. The van der Waals surface area contributed by atoms with Gasteiger partial charge in [-0.15, -0.1) is 0 Å². The molecule has 0 atom stereocenters. The number of carbonyl (C=O) groups excluding carboxylic acids is 1. The van der Waals surface area contributed by atoms with Crippen LogP contribution >= 0.6 is 0 Å². The van der Waals surface area contributed by atoms with E-state index in [1.165, 1.54) is 6.07 Å². The van der Waals surface area contributed by atoms with Crippen LogP contribution in [0.2, 0.25) is 0 Å². The van der Waals surface area contributed by atoms with Crippen molar-refractivity contribution >= 4 is 5.91 Å². The third-order valence-electron chi connectivity index (χ3n) is 4.25. The highest BCUT2D eigenvalue weighted by Crippen LogP contribution is 2.10. The van der Waals surface area contributed by atoms with Crippen LogP contribution in [0.1, 0.15) is 16.7 Å². The van der Waals surface area contributed by atoms with Gasteiger partial charge >= 0.3 is 0 Å². The molecule has 0 saturated heterocycles. The quantitative estimate of drug-likeness (QED) is 0.598. The van der Waals surface area contributed by atoms with Gasteiger partial charge in [-0.3, -0.25) is 4.79 Å². The van der Waals surface area contributed by atoms with Crippen LogP contribution in [-0.4, -0.2) is 17.4 Å². The number of hydrogen-bond acceptors (Lipinski definition) is 1. The molecule has 0 unspecified atom stereocenters. The van der Waals surface area contributed by atoms with Gasteiger partial charge in [-0.2, -0.15) is 0 Å². The van der Waals surface area contributed by atoms with Crippen molar-refractivity contribution in [1.29, 1.82) is 0 Å². The molecule has 0 aliphatic heterocycles. The summed E-state index contributed by atoms with van der Waals surface area (Å²) in [4.78, 5) is 14.3. The molecule has 0 fully saturated rings. The maximum absolute atomic E-state index is 13.8. The molecular formula is C24H19F2NO. The number of benzene rings is 3. The topological polar surface area (TPSA) is 20.3 Å². The Labute approximate surface area is 163 Å². The third-order valence-corrected chi connectivity index (χ3v) is 4.25. The Kier molecular flexibility index (Phi) is 6.54. The average molecular weight is 375 g/mol. The van der Waals surface area contributed by atoms with Gasteiger partial charge in [0.15, 0.2) is 0 Å². The van der Waals surface area contributed by atoms with Crippen LogP contribution in [0, 0.1) is 23.5 Å². The molecule has 0 spiro atoms. The van der Waals surface area contributed by atoms with Crippen LogP contribution in [0.3, 0.4) is 0 Å². The van der Waals surface area contributed by atoms with Crippen LogP contribution < -0.4 is 0 Å². The van der Waals surface area contributed by atoms with Crippen LogP contribution in [0.4, 0.5) is 8.78 Å². The van der Waals surface area contributed by atoms with E-state index in [0.717, 1.165) is 23.3 Å². The van der Waals surface area contributed by atoms with Crippen molar-refractivity contribution in [3.8, 4) is 11.8 Å². The summed E-state index contributed by atoms with van der Waals surface area (Å²) >= 11 is 0. The van der Waals surface area contributed by atoms with Crippen LogP contribution in [0.5, 0.6) is 0 Å². The first kappa shape index (κ1) is 19.3. The molecule has 1 amide bonds. The average Bonchev–Trinajstić information content (AvgIpc) is 2.72. The fourth-order valence-electron chi connectivity index (χ4n) is 2.76. The number of nitrogens with zero attached hydrogens (tertiary/aromatic N) is 1. The first-order valence-corrected chi connectivity index (χ1v) is 8.95. The summed E-state index contributed by atoms with van der Waals surface area (Å²) < 4.78 is 26.8. The minimum atomic E-state index is -0.779. The molecule has 0 saturated carbocycles. The fourth-order valence-corrected chi connectivity index (χ4v) is 2.76. The Hall–Kier alpha value is -3.45. The molecule has 0 aliphatic carbocycles. The summed E-state index contributed by atoms with van der Waals surface area (Å²) in [5, 5.41) is 0. The van der Waals surface area contributed by atoms with E-state index < -0.39 is 17.5 Å². The Morgan fingerprint density at radius 3 is 2.14 bits per heavy atom. The Balaban J connectivity index is 1.77. The fraction of sp³-hybridized carbons (Fsp3) is 0.125. The van der Waals surface area contributed by atoms with E-state index in [1.807, 2.05) is 60.7 Å². The van der Waals surface area contributed by atoms with E-state index in [0.29, 0.717) is 19.5 Å². The summed E-state index contributed by atoms with van der Waals surface area (Å²) in [5.41, 5.74) is 2.10. The second-order valence-electron chi connectivity index (χ2n) is 6.32. The van der Waals surface area contributed by atoms with Crippen molar-refractivity contribution < 1.29 is 13.6 Å². The highest BCUT2D eigenvalue weighted by atomic mass is 19.1. The van der Waals surface area contributed by atoms with Crippen LogP contribution in [0.15, 0.2) is 78.9 Å². The van der Waals surface area contributed by atoms with E-state index in [2.05, 4.69) is 11.8 Å². The van der Waals surface area contributed by atoms with Crippen LogP contribution in [-0.2, 0) is 17.8 Å². The van der Waals surface area contributed by atoms with E-state index in [-0.39, 0.29) is 5.56 Å². The molecule has 3 rings (SSSR count). The number of amides is 1. The molecule has 0 bridgehead atoms. The lowest BCUT2D eigenvalue weighted by Gasteiger charge is -2.20. The number of halogens is 2. The monoisotopic (exact) mass is 375 g/mol. The van der Waals surface area contributed by atoms with Crippen molar-refractivity contribution in [1.82, 2.24) is 4.90 Å². The van der Waals surface area contributed by atoms with E-state index in [9.17, 15) is 13.6 Å². The lowest BCUT2D eigenvalue weighted by molar-refractivity contribution is -0.125. The molecule has 3 aromatic carbocycles. The predicted molar refractivity (Wildman–Crippen MR) is 105 cm³/mol. The second-order valence-corrected chi connectivity index (χ2v) is 6.32. The number of carbonyl (C=O) groups is 1. The standard InChI is InChI=1S/C24H19F2NO/c25-22-13-11-21(23(26)17-22)12-14-24(28)27(18-20-9-5-2-6-10-20)16-15-19-7-3-1-4-8-19/h1-11,13,17H,15-16,18H2. The van der Waals surface area contributed by atoms with E-state index >= 15 is 0 Å². The number of hydrogen-bond donors (Lipinski definition) is 0. The molecule has 0 aromatic heterocycles. The lowest BCUT2D eigenvalue weighted by Crippen LogP contribution is -2.31. The number of rotatable bonds is 5. The summed E-state index contributed by atoms with van der Waals surface area (Å²) in [6, 6.07) is 22.6. The molecule has 4 heteroatoms. The van der Waals surface area contributed by atoms with Crippen molar-refractivity contribution in [2.24, 2.45) is 0 Å². The van der Waals surface area contributed by atoms with Gasteiger partial charge in [-0.05, 0) is 29.7 Å². The zero-order valence-corrected chi connectivity index (χ0v) is 15.2. The maximum Gasteiger partial charge on any atom is 0.299 e. The summed E-state index contributed by atoms with van der Waals surface area (Å²) in [5.74, 6) is 3.16. The highest BCUT2D eigenvalue weighted by Gasteiger charge is 2.12. The van der Waals surface area contributed by atoms with Gasteiger partial charge in [-0.25, -0.2) is 8.78 Å². The van der Waals surface area contributed by atoms with Crippen molar-refractivity contribution in [3.63, 3.8) is 0 Å². The molecule has 140 valence electrons. The lowest BCUT2D eigenvalue weighted by atomic mass is 10.1. The highest BCUT2D eigenvalue weighted by molar-refractivity contribution is 5.94. The molecule has 2 nitrogen and oxygen atoms in total. The first-order valence-electron chi connectivity index (χ1n) is 8.95. The van der Waals surface area contributed by atoms with Crippen LogP contribution in [0.25, 0.3) is 0 Å². The van der Waals surface area contributed by atoms with E-state index in [4.69, 9.17) is 0 Å².